The first-order valence-electron chi connectivity index (χ1n) is 8.62. The molecule has 0 aromatic carbocycles. The highest BCUT2D eigenvalue weighted by Gasteiger charge is 2.31. The maximum absolute atomic E-state index is 12.6. The van der Waals surface area contributed by atoms with Gasteiger partial charge in [-0.25, -0.2) is 0 Å². The second kappa shape index (κ2) is 8.79. The van der Waals surface area contributed by atoms with Crippen LogP contribution in [-0.2, 0) is 14.3 Å². The van der Waals surface area contributed by atoms with Gasteiger partial charge in [-0.15, -0.1) is 0 Å². The van der Waals surface area contributed by atoms with Gasteiger partial charge >= 0.3 is 0 Å². The van der Waals surface area contributed by atoms with Crippen molar-refractivity contribution in [1.82, 2.24) is 10.6 Å². The quantitative estimate of drug-likeness (QED) is 0.668. The summed E-state index contributed by atoms with van der Waals surface area (Å²) in [6, 6.07) is 0.319. The van der Waals surface area contributed by atoms with Crippen molar-refractivity contribution in [3.05, 3.63) is 23.9 Å². The number of rotatable bonds is 8. The van der Waals surface area contributed by atoms with E-state index in [-0.39, 0.29) is 11.3 Å². The minimum Gasteiger partial charge on any atom is -0.384 e. The molecule has 0 spiro atoms. The molecule has 0 bridgehead atoms. The zero-order valence-electron chi connectivity index (χ0n) is 16.1. The average molecular weight is 338 g/mol. The van der Waals surface area contributed by atoms with Crippen LogP contribution in [0.4, 0.5) is 0 Å². The molecule has 0 saturated carbocycles. The molecule has 1 heterocycles. The van der Waals surface area contributed by atoms with Crippen molar-refractivity contribution in [2.75, 3.05) is 26.9 Å². The Labute approximate surface area is 146 Å². The van der Waals surface area contributed by atoms with Crippen LogP contribution in [0.1, 0.15) is 47.5 Å². The summed E-state index contributed by atoms with van der Waals surface area (Å²) in [4.78, 5) is 12.6. The third-order valence-electron chi connectivity index (χ3n) is 4.43. The van der Waals surface area contributed by atoms with Crippen LogP contribution < -0.4 is 10.6 Å². The van der Waals surface area contributed by atoms with Gasteiger partial charge in [0, 0.05) is 37.5 Å². The van der Waals surface area contributed by atoms with Gasteiger partial charge < -0.3 is 20.1 Å². The Hall–Kier alpha value is -1.17. The highest BCUT2D eigenvalue weighted by atomic mass is 16.5. The molecule has 5 heteroatoms. The molecule has 0 unspecified atom stereocenters. The zero-order valence-corrected chi connectivity index (χ0v) is 16.1. The number of carbonyl (C=O) groups is 1. The first-order valence-corrected chi connectivity index (χ1v) is 8.62. The van der Waals surface area contributed by atoms with Gasteiger partial charge in [-0.05, 0) is 45.3 Å². The van der Waals surface area contributed by atoms with Crippen LogP contribution in [0.3, 0.4) is 0 Å². The summed E-state index contributed by atoms with van der Waals surface area (Å²) < 4.78 is 10.6. The predicted octanol–water partition coefficient (Wildman–Crippen LogP) is 2.78. The SMILES string of the molecule is C=C(/C=C(\C)NC(=O)C(C)(C)NC1CCOCC1)C(C)(C)COC. The molecule has 24 heavy (non-hydrogen) atoms. The van der Waals surface area contributed by atoms with Gasteiger partial charge in [0.25, 0.3) is 0 Å². The topological polar surface area (TPSA) is 59.6 Å². The van der Waals surface area contributed by atoms with Crippen LogP contribution in [0.5, 0.6) is 0 Å². The minimum atomic E-state index is -0.638. The van der Waals surface area contributed by atoms with Gasteiger partial charge in [0.05, 0.1) is 12.1 Å². The van der Waals surface area contributed by atoms with Crippen molar-refractivity contribution in [3.63, 3.8) is 0 Å². The third kappa shape index (κ3) is 6.38. The Kier molecular flexibility index (Phi) is 7.64. The summed E-state index contributed by atoms with van der Waals surface area (Å²) in [7, 11) is 1.68. The van der Waals surface area contributed by atoms with E-state index in [1.54, 1.807) is 7.11 Å². The van der Waals surface area contributed by atoms with Crippen LogP contribution in [-0.4, -0.2) is 44.4 Å². The Morgan fingerprint density at radius 2 is 1.88 bits per heavy atom. The molecule has 1 aliphatic rings. The Morgan fingerprint density at radius 3 is 2.42 bits per heavy atom. The summed E-state index contributed by atoms with van der Waals surface area (Å²) in [5.41, 5.74) is 0.908. The predicted molar refractivity (Wildman–Crippen MR) is 97.8 cm³/mol. The number of carbonyl (C=O) groups excluding carboxylic acids is 1. The monoisotopic (exact) mass is 338 g/mol. The Morgan fingerprint density at radius 1 is 1.29 bits per heavy atom. The lowest BCUT2D eigenvalue weighted by Gasteiger charge is -2.33. The smallest absolute Gasteiger partial charge is 0.243 e. The van der Waals surface area contributed by atoms with Crippen molar-refractivity contribution in [1.29, 1.82) is 0 Å². The maximum atomic E-state index is 12.6. The Balaban J connectivity index is 2.63. The number of amides is 1. The number of ether oxygens (including phenoxy) is 2. The lowest BCUT2D eigenvalue weighted by atomic mass is 9.85. The number of methoxy groups -OCH3 is 1. The van der Waals surface area contributed by atoms with Crippen molar-refractivity contribution < 1.29 is 14.3 Å². The van der Waals surface area contributed by atoms with E-state index in [0.717, 1.165) is 37.3 Å². The lowest BCUT2D eigenvalue weighted by molar-refractivity contribution is -0.126. The van der Waals surface area contributed by atoms with Gasteiger partial charge in [0.2, 0.25) is 5.91 Å². The normalized spacial score (nSPS) is 17.7. The highest BCUT2D eigenvalue weighted by Crippen LogP contribution is 2.26. The molecular weight excluding hydrogens is 304 g/mol. The van der Waals surface area contributed by atoms with E-state index < -0.39 is 5.54 Å². The van der Waals surface area contributed by atoms with Gasteiger partial charge in [-0.1, -0.05) is 20.4 Å². The summed E-state index contributed by atoms with van der Waals surface area (Å²) in [5.74, 6) is -0.0416. The molecule has 0 aromatic rings. The van der Waals surface area contributed by atoms with E-state index in [0.29, 0.717) is 12.6 Å². The van der Waals surface area contributed by atoms with E-state index in [4.69, 9.17) is 9.47 Å². The van der Waals surface area contributed by atoms with Crippen molar-refractivity contribution >= 4 is 5.91 Å². The van der Waals surface area contributed by atoms with Crippen LogP contribution in [0.2, 0.25) is 0 Å². The van der Waals surface area contributed by atoms with Crippen molar-refractivity contribution in [2.45, 2.75) is 59.0 Å². The first-order chi connectivity index (χ1) is 11.1. The molecule has 0 aliphatic carbocycles. The Bertz CT molecular complexity index is 475. The molecular formula is C19H34N2O3. The van der Waals surface area contributed by atoms with Gasteiger partial charge in [-0.2, -0.15) is 0 Å². The average Bonchev–Trinajstić information content (AvgIpc) is 2.47. The van der Waals surface area contributed by atoms with Crippen molar-refractivity contribution in [2.24, 2.45) is 5.41 Å². The van der Waals surface area contributed by atoms with Gasteiger partial charge in [0.15, 0.2) is 0 Å². The summed E-state index contributed by atoms with van der Waals surface area (Å²) in [5, 5.41) is 6.42. The van der Waals surface area contributed by atoms with E-state index in [1.165, 1.54) is 0 Å². The molecule has 1 rings (SSSR count). The molecule has 1 saturated heterocycles. The maximum Gasteiger partial charge on any atom is 0.243 e. The molecule has 0 atom stereocenters. The first kappa shape index (κ1) is 20.9. The summed E-state index contributed by atoms with van der Waals surface area (Å²) in [6.45, 7) is 16.0. The molecule has 138 valence electrons. The van der Waals surface area contributed by atoms with E-state index >= 15 is 0 Å². The second-order valence-electron chi connectivity index (χ2n) is 7.78. The van der Waals surface area contributed by atoms with Gasteiger partial charge in [0.1, 0.15) is 0 Å². The molecule has 5 nitrogen and oxygen atoms in total. The summed E-state index contributed by atoms with van der Waals surface area (Å²) in [6.07, 6.45) is 3.79. The van der Waals surface area contributed by atoms with Crippen LogP contribution >= 0.6 is 0 Å². The minimum absolute atomic E-state index is 0.0416. The zero-order chi connectivity index (χ0) is 18.4. The van der Waals surface area contributed by atoms with E-state index in [9.17, 15) is 4.79 Å². The molecule has 1 amide bonds. The fourth-order valence-corrected chi connectivity index (χ4v) is 2.70. The largest absolute Gasteiger partial charge is 0.384 e. The lowest BCUT2D eigenvalue weighted by Crippen LogP contribution is -2.56. The standard InChI is InChI=1S/C19H34N2O3/c1-14(18(3,4)13-23-7)12-15(2)20-17(22)19(5,6)21-16-8-10-24-11-9-16/h12,16,21H,1,8-11,13H2,2-7H3,(H,20,22)/b15-12+. The van der Waals surface area contributed by atoms with E-state index in [1.807, 2.05) is 26.8 Å². The molecule has 2 N–H and O–H groups in total. The number of allylic oxidation sites excluding steroid dienone is 2. The molecule has 1 aliphatic heterocycles. The van der Waals surface area contributed by atoms with Gasteiger partial charge in [-0.3, -0.25) is 4.79 Å². The molecule has 1 fully saturated rings. The fourth-order valence-electron chi connectivity index (χ4n) is 2.70. The fraction of sp³-hybridized carbons (Fsp3) is 0.737. The van der Waals surface area contributed by atoms with Crippen molar-refractivity contribution in [3.8, 4) is 0 Å². The number of hydrogen-bond acceptors (Lipinski definition) is 4. The second-order valence-corrected chi connectivity index (χ2v) is 7.78. The van der Waals surface area contributed by atoms with E-state index in [2.05, 4.69) is 31.1 Å². The number of nitrogens with one attached hydrogen (secondary N) is 2. The van der Waals surface area contributed by atoms with Crippen LogP contribution in [0.15, 0.2) is 23.9 Å². The number of hydrogen-bond donors (Lipinski definition) is 2. The molecule has 0 radical (unpaired) electrons. The van der Waals surface area contributed by atoms with Crippen LogP contribution in [0.25, 0.3) is 0 Å². The molecule has 0 aromatic heterocycles. The third-order valence-corrected chi connectivity index (χ3v) is 4.43. The highest BCUT2D eigenvalue weighted by molar-refractivity contribution is 5.86. The summed E-state index contributed by atoms with van der Waals surface area (Å²) >= 11 is 0. The van der Waals surface area contributed by atoms with Crippen LogP contribution in [0, 0.1) is 5.41 Å².